The van der Waals surface area contributed by atoms with Gasteiger partial charge >= 0.3 is 0 Å². The molecule has 0 amide bonds. The van der Waals surface area contributed by atoms with Gasteiger partial charge < -0.3 is 15.5 Å². The van der Waals surface area contributed by atoms with E-state index in [9.17, 15) is 0 Å². The molecule has 0 radical (unpaired) electrons. The third-order valence-electron chi connectivity index (χ3n) is 4.91. The Balaban J connectivity index is 1.33. The molecule has 2 N–H and O–H groups in total. The van der Waals surface area contributed by atoms with Crippen LogP contribution in [0.25, 0.3) is 0 Å². The normalized spacial score (nSPS) is 24.6. The minimum absolute atomic E-state index is 0.164. The SMILES string of the molecule is Cn1cc(C2CN=C3C(Nc4nc([C@@H]5CCCN5)cs4)=NC=CN32)cn1. The van der Waals surface area contributed by atoms with E-state index < -0.39 is 0 Å². The molecule has 0 spiro atoms. The van der Waals surface area contributed by atoms with Gasteiger partial charge in [-0.25, -0.2) is 9.98 Å². The van der Waals surface area contributed by atoms with Crippen LogP contribution in [0.4, 0.5) is 5.13 Å². The molecule has 134 valence electrons. The molecule has 1 fully saturated rings. The number of nitrogens with one attached hydrogen (secondary N) is 2. The second-order valence-corrected chi connectivity index (χ2v) is 7.52. The average molecular weight is 368 g/mol. The van der Waals surface area contributed by atoms with Crippen molar-refractivity contribution < 1.29 is 0 Å². The van der Waals surface area contributed by atoms with Gasteiger partial charge in [-0.05, 0) is 19.4 Å². The van der Waals surface area contributed by atoms with Crippen LogP contribution in [-0.4, -0.2) is 44.4 Å². The number of aliphatic imine (C=N–C) groups is 2. The van der Waals surface area contributed by atoms with Crippen molar-refractivity contribution in [3.63, 3.8) is 0 Å². The zero-order chi connectivity index (χ0) is 17.5. The summed E-state index contributed by atoms with van der Waals surface area (Å²) in [6.45, 7) is 1.77. The van der Waals surface area contributed by atoms with E-state index in [1.807, 2.05) is 36.5 Å². The van der Waals surface area contributed by atoms with Crippen molar-refractivity contribution in [3.05, 3.63) is 41.4 Å². The lowest BCUT2D eigenvalue weighted by atomic mass is 10.1. The molecule has 5 rings (SSSR count). The van der Waals surface area contributed by atoms with Gasteiger partial charge in [0.2, 0.25) is 0 Å². The third kappa shape index (κ3) is 2.73. The van der Waals surface area contributed by atoms with Crippen LogP contribution >= 0.6 is 11.3 Å². The summed E-state index contributed by atoms with van der Waals surface area (Å²) in [5.74, 6) is 1.61. The fourth-order valence-electron chi connectivity index (χ4n) is 3.61. The van der Waals surface area contributed by atoms with Crippen LogP contribution in [0.5, 0.6) is 0 Å². The van der Waals surface area contributed by atoms with E-state index in [1.54, 1.807) is 11.3 Å². The van der Waals surface area contributed by atoms with E-state index >= 15 is 0 Å². The van der Waals surface area contributed by atoms with Crippen molar-refractivity contribution in [1.29, 1.82) is 0 Å². The van der Waals surface area contributed by atoms with Gasteiger partial charge in [0.1, 0.15) is 0 Å². The molecule has 3 aliphatic rings. The summed E-state index contributed by atoms with van der Waals surface area (Å²) < 4.78 is 1.82. The largest absolute Gasteiger partial charge is 0.319 e. The van der Waals surface area contributed by atoms with Crippen molar-refractivity contribution in [2.45, 2.75) is 24.9 Å². The number of nitrogens with zero attached hydrogens (tertiary/aromatic N) is 6. The Hall–Kier alpha value is -2.52. The molecule has 2 atom stereocenters. The van der Waals surface area contributed by atoms with E-state index in [2.05, 4.69) is 31.0 Å². The fourth-order valence-corrected chi connectivity index (χ4v) is 4.37. The molecule has 9 heteroatoms. The maximum absolute atomic E-state index is 4.73. The van der Waals surface area contributed by atoms with Crippen LogP contribution in [0.15, 0.2) is 40.2 Å². The molecule has 3 aliphatic heterocycles. The highest BCUT2D eigenvalue weighted by molar-refractivity contribution is 7.14. The Labute approximate surface area is 155 Å². The van der Waals surface area contributed by atoms with E-state index in [0.29, 0.717) is 12.6 Å². The Bertz CT molecular complexity index is 902. The number of aromatic nitrogens is 3. The number of thiazole rings is 1. The fraction of sp³-hybridized carbons (Fsp3) is 0.412. The average Bonchev–Trinajstić information content (AvgIpc) is 3.42. The van der Waals surface area contributed by atoms with Gasteiger partial charge in [0.25, 0.3) is 0 Å². The van der Waals surface area contributed by atoms with Crippen LogP contribution in [0.1, 0.15) is 36.2 Å². The third-order valence-corrected chi connectivity index (χ3v) is 5.69. The number of hydrogen-bond acceptors (Lipinski definition) is 8. The predicted molar refractivity (Wildman–Crippen MR) is 102 cm³/mol. The molecular formula is C17H20N8S. The Morgan fingerprint density at radius 2 is 2.35 bits per heavy atom. The minimum atomic E-state index is 0.164. The number of rotatable bonds is 3. The topological polar surface area (TPSA) is 82.7 Å². The zero-order valence-electron chi connectivity index (χ0n) is 14.5. The quantitative estimate of drug-likeness (QED) is 0.866. The highest BCUT2D eigenvalue weighted by Crippen LogP contribution is 2.30. The standard InChI is InChI=1S/C17H20N8S/c1-24-9-11(7-21-24)14-8-20-16-15(19-5-6-25(14)16)23-17-22-13(10-26-17)12-3-2-4-18-12/h5-7,9-10,12,14,18H,2-4,8H2,1H3,(H,19,22,23)/t12-,14?/m0/s1. The Morgan fingerprint density at radius 3 is 3.15 bits per heavy atom. The molecule has 0 bridgehead atoms. The summed E-state index contributed by atoms with van der Waals surface area (Å²) in [6.07, 6.45) is 10.1. The molecule has 8 nitrogen and oxygen atoms in total. The molecule has 0 aromatic carbocycles. The maximum atomic E-state index is 4.73. The van der Waals surface area contributed by atoms with Crippen molar-refractivity contribution in [1.82, 2.24) is 25.0 Å². The van der Waals surface area contributed by atoms with Crippen molar-refractivity contribution in [2.24, 2.45) is 17.0 Å². The summed E-state index contributed by atoms with van der Waals surface area (Å²) in [7, 11) is 1.93. The first-order valence-electron chi connectivity index (χ1n) is 8.80. The number of aryl methyl sites for hydroxylation is 1. The van der Waals surface area contributed by atoms with Gasteiger partial charge in [-0.3, -0.25) is 9.67 Å². The van der Waals surface area contributed by atoms with Gasteiger partial charge in [0.15, 0.2) is 16.8 Å². The lowest BCUT2D eigenvalue weighted by Crippen LogP contribution is -2.37. The van der Waals surface area contributed by atoms with Gasteiger partial charge in [0.05, 0.1) is 30.5 Å². The van der Waals surface area contributed by atoms with E-state index in [4.69, 9.17) is 9.98 Å². The summed E-state index contributed by atoms with van der Waals surface area (Å²) in [5, 5.41) is 14.1. The van der Waals surface area contributed by atoms with Gasteiger partial charge in [-0.1, -0.05) is 0 Å². The minimum Gasteiger partial charge on any atom is -0.319 e. The Morgan fingerprint density at radius 1 is 1.38 bits per heavy atom. The van der Waals surface area contributed by atoms with Crippen LogP contribution < -0.4 is 10.6 Å². The molecular weight excluding hydrogens is 348 g/mol. The summed E-state index contributed by atoms with van der Waals surface area (Å²) in [4.78, 5) is 16.1. The van der Waals surface area contributed by atoms with Crippen molar-refractivity contribution in [2.75, 3.05) is 18.4 Å². The lowest BCUT2D eigenvalue weighted by molar-refractivity contribution is 0.458. The summed E-state index contributed by atoms with van der Waals surface area (Å²) >= 11 is 1.61. The number of anilines is 1. The van der Waals surface area contributed by atoms with E-state index in [-0.39, 0.29) is 6.04 Å². The number of hydrogen-bond donors (Lipinski definition) is 2. The van der Waals surface area contributed by atoms with Crippen LogP contribution in [0.2, 0.25) is 0 Å². The molecule has 0 saturated carbocycles. The second kappa shape index (κ2) is 6.33. The lowest BCUT2D eigenvalue weighted by Gasteiger charge is -2.25. The van der Waals surface area contributed by atoms with Crippen molar-refractivity contribution in [3.8, 4) is 0 Å². The summed E-state index contributed by atoms with van der Waals surface area (Å²) in [5.41, 5.74) is 2.27. The number of amidine groups is 2. The predicted octanol–water partition coefficient (Wildman–Crippen LogP) is 2.05. The maximum Gasteiger partial charge on any atom is 0.188 e. The monoisotopic (exact) mass is 368 g/mol. The van der Waals surface area contributed by atoms with Gasteiger partial charge in [-0.15, -0.1) is 11.3 Å². The molecule has 2 aromatic heterocycles. The zero-order valence-corrected chi connectivity index (χ0v) is 15.3. The van der Waals surface area contributed by atoms with Crippen molar-refractivity contribution >= 4 is 28.1 Å². The molecule has 5 heterocycles. The molecule has 26 heavy (non-hydrogen) atoms. The van der Waals surface area contributed by atoms with Crippen LogP contribution in [0.3, 0.4) is 0 Å². The first kappa shape index (κ1) is 15.7. The number of fused-ring (bicyclic) bond motifs is 1. The van der Waals surface area contributed by atoms with E-state index in [0.717, 1.165) is 41.0 Å². The second-order valence-electron chi connectivity index (χ2n) is 6.66. The van der Waals surface area contributed by atoms with Gasteiger partial charge in [0, 0.05) is 36.6 Å². The summed E-state index contributed by atoms with van der Waals surface area (Å²) in [6, 6.07) is 0.544. The highest BCUT2D eigenvalue weighted by atomic mass is 32.1. The molecule has 1 saturated heterocycles. The molecule has 1 unspecified atom stereocenters. The molecule has 0 aliphatic carbocycles. The first-order valence-corrected chi connectivity index (χ1v) is 9.68. The highest BCUT2D eigenvalue weighted by Gasteiger charge is 2.33. The smallest absolute Gasteiger partial charge is 0.188 e. The van der Waals surface area contributed by atoms with Gasteiger partial charge in [-0.2, -0.15) is 5.10 Å². The molecule has 2 aromatic rings. The van der Waals surface area contributed by atoms with Crippen LogP contribution in [-0.2, 0) is 7.05 Å². The van der Waals surface area contributed by atoms with Crippen LogP contribution in [0, 0.1) is 0 Å². The Kier molecular flexibility index (Phi) is 3.83. The van der Waals surface area contributed by atoms with E-state index in [1.165, 1.54) is 6.42 Å². The first-order chi connectivity index (χ1) is 12.8.